The average Bonchev–Trinajstić information content (AvgIpc) is 2.08. The van der Waals surface area contributed by atoms with Crippen LogP contribution in [0.5, 0.6) is 0 Å². The third-order valence-corrected chi connectivity index (χ3v) is 1.82. The zero-order valence-corrected chi connectivity index (χ0v) is 8.74. The molecule has 0 N–H and O–H groups in total. The molecule has 84 valence electrons. The Bertz CT molecular complexity index is 382. The van der Waals surface area contributed by atoms with E-state index in [1.54, 1.807) is 21.1 Å². The molecule has 0 saturated heterocycles. The first-order valence-corrected chi connectivity index (χ1v) is 4.34. The van der Waals surface area contributed by atoms with Gasteiger partial charge in [0.15, 0.2) is 23.3 Å². The molecule has 1 nitrogen and oxygen atoms in total. The summed E-state index contributed by atoms with van der Waals surface area (Å²) < 4.78 is 51.7. The van der Waals surface area contributed by atoms with Crippen molar-refractivity contribution in [3.8, 4) is 0 Å². The lowest BCUT2D eigenvalue weighted by Gasteiger charge is -2.24. The second-order valence-electron chi connectivity index (χ2n) is 4.41. The maximum Gasteiger partial charge on any atom is 0.197 e. The molecule has 1 rings (SSSR count). The van der Waals surface area contributed by atoms with Gasteiger partial charge in [-0.2, -0.15) is 0 Å². The van der Waals surface area contributed by atoms with Gasteiger partial charge < -0.3 is 4.48 Å². The van der Waals surface area contributed by atoms with Crippen LogP contribution in [0.1, 0.15) is 5.56 Å². The maximum atomic E-state index is 13.2. The Hall–Kier alpha value is -1.10. The first kappa shape index (κ1) is 12.0. The zero-order valence-electron chi connectivity index (χ0n) is 8.74. The fraction of sp³-hybridized carbons (Fsp3) is 0.400. The molecular formula is C10H12F4N+. The third-order valence-electron chi connectivity index (χ3n) is 1.82. The van der Waals surface area contributed by atoms with Gasteiger partial charge in [-0.3, -0.25) is 0 Å². The minimum absolute atomic E-state index is 0.0833. The summed E-state index contributed by atoms with van der Waals surface area (Å²) in [5.41, 5.74) is -0.168. The van der Waals surface area contributed by atoms with Gasteiger partial charge in [-0.25, -0.2) is 17.6 Å². The Balaban J connectivity index is 3.21. The summed E-state index contributed by atoms with van der Waals surface area (Å²) in [6.07, 6.45) is 0. The molecule has 0 heterocycles. The fourth-order valence-corrected chi connectivity index (χ4v) is 1.25. The highest BCUT2D eigenvalue weighted by atomic mass is 19.2. The summed E-state index contributed by atoms with van der Waals surface area (Å²) in [4.78, 5) is 0. The van der Waals surface area contributed by atoms with Crippen molar-refractivity contribution in [3.05, 3.63) is 34.9 Å². The summed E-state index contributed by atoms with van der Waals surface area (Å²) in [5, 5.41) is 0. The molecule has 0 amide bonds. The maximum absolute atomic E-state index is 13.2. The zero-order chi connectivity index (χ0) is 11.8. The van der Waals surface area contributed by atoms with E-state index >= 15 is 0 Å². The molecular weight excluding hydrogens is 210 g/mol. The van der Waals surface area contributed by atoms with E-state index in [0.717, 1.165) is 0 Å². The largest absolute Gasteiger partial charge is 0.327 e. The van der Waals surface area contributed by atoms with E-state index in [1.165, 1.54) is 0 Å². The highest BCUT2D eigenvalue weighted by Gasteiger charge is 2.22. The lowest BCUT2D eigenvalue weighted by atomic mass is 10.1. The third kappa shape index (κ3) is 2.68. The van der Waals surface area contributed by atoms with Crippen molar-refractivity contribution in [2.24, 2.45) is 0 Å². The van der Waals surface area contributed by atoms with Gasteiger partial charge >= 0.3 is 0 Å². The number of hydrogen-bond acceptors (Lipinski definition) is 0. The van der Waals surface area contributed by atoms with E-state index in [2.05, 4.69) is 0 Å². The molecule has 0 atom stereocenters. The predicted octanol–water partition coefficient (Wildman–Crippen LogP) is 2.45. The Morgan fingerprint density at radius 1 is 0.933 bits per heavy atom. The lowest BCUT2D eigenvalue weighted by molar-refractivity contribution is -0.884. The molecule has 0 aromatic heterocycles. The minimum atomic E-state index is -1.77. The minimum Gasteiger partial charge on any atom is -0.327 e. The normalized spacial score (nSPS) is 11.9. The molecule has 0 aliphatic heterocycles. The Morgan fingerprint density at radius 2 is 1.47 bits per heavy atom. The van der Waals surface area contributed by atoms with Gasteiger partial charge in [0.1, 0.15) is 6.54 Å². The van der Waals surface area contributed by atoms with Crippen molar-refractivity contribution < 1.29 is 22.0 Å². The fourth-order valence-electron chi connectivity index (χ4n) is 1.25. The van der Waals surface area contributed by atoms with E-state index in [9.17, 15) is 17.6 Å². The van der Waals surface area contributed by atoms with Crippen molar-refractivity contribution >= 4 is 0 Å². The van der Waals surface area contributed by atoms with E-state index < -0.39 is 23.3 Å². The van der Waals surface area contributed by atoms with Crippen LogP contribution in [-0.2, 0) is 6.54 Å². The molecule has 0 spiro atoms. The molecule has 5 heteroatoms. The molecule has 0 aliphatic rings. The van der Waals surface area contributed by atoms with Crippen LogP contribution in [0, 0.1) is 23.3 Å². The number of nitrogens with zero attached hydrogens (tertiary/aromatic N) is 1. The SMILES string of the molecule is C[N+](C)(C)Cc1cc(F)c(F)c(F)c1F. The van der Waals surface area contributed by atoms with Gasteiger partial charge in [0.2, 0.25) is 0 Å². The molecule has 15 heavy (non-hydrogen) atoms. The van der Waals surface area contributed by atoms with Gasteiger partial charge in [-0.05, 0) is 6.07 Å². The molecule has 0 aliphatic carbocycles. The standard InChI is InChI=1S/C10H12F4N/c1-15(2,3)5-6-4-7(11)9(13)10(14)8(6)12/h4H,5H2,1-3H3/q+1. The quantitative estimate of drug-likeness (QED) is 0.312. The van der Waals surface area contributed by atoms with Crippen molar-refractivity contribution in [2.45, 2.75) is 6.54 Å². The van der Waals surface area contributed by atoms with Crippen LogP contribution in [-0.4, -0.2) is 25.6 Å². The molecule has 0 unspecified atom stereocenters. The van der Waals surface area contributed by atoms with Crippen LogP contribution in [0.25, 0.3) is 0 Å². The van der Waals surface area contributed by atoms with Crippen LogP contribution in [0.3, 0.4) is 0 Å². The second-order valence-corrected chi connectivity index (χ2v) is 4.41. The summed E-state index contributed by atoms with van der Waals surface area (Å²) in [6.45, 7) is 0.0833. The van der Waals surface area contributed by atoms with Gasteiger partial charge in [0, 0.05) is 5.56 Å². The van der Waals surface area contributed by atoms with Gasteiger partial charge in [-0.15, -0.1) is 0 Å². The highest BCUT2D eigenvalue weighted by Crippen LogP contribution is 2.20. The predicted molar refractivity (Wildman–Crippen MR) is 48.0 cm³/mol. The number of hydrogen-bond donors (Lipinski definition) is 0. The average molecular weight is 222 g/mol. The van der Waals surface area contributed by atoms with Crippen LogP contribution in [0.15, 0.2) is 6.07 Å². The Kier molecular flexibility index (Phi) is 3.04. The molecule has 0 saturated carbocycles. The first-order chi connectivity index (χ1) is 6.72. The summed E-state index contributed by atoms with van der Waals surface area (Å²) in [5.74, 6) is -6.20. The van der Waals surface area contributed by atoms with E-state index in [0.29, 0.717) is 10.5 Å². The first-order valence-electron chi connectivity index (χ1n) is 4.34. The number of quaternary nitrogens is 1. The van der Waals surface area contributed by atoms with Crippen LogP contribution >= 0.6 is 0 Å². The van der Waals surface area contributed by atoms with Gasteiger partial charge in [0.05, 0.1) is 21.1 Å². The number of rotatable bonds is 2. The van der Waals surface area contributed by atoms with Crippen LogP contribution in [0.4, 0.5) is 17.6 Å². The van der Waals surface area contributed by atoms with Crippen molar-refractivity contribution in [1.82, 2.24) is 0 Å². The topological polar surface area (TPSA) is 0 Å². The van der Waals surface area contributed by atoms with Crippen molar-refractivity contribution in [2.75, 3.05) is 21.1 Å². The van der Waals surface area contributed by atoms with Gasteiger partial charge in [0.25, 0.3) is 0 Å². The van der Waals surface area contributed by atoms with E-state index in [1.807, 2.05) is 0 Å². The molecule has 0 bridgehead atoms. The van der Waals surface area contributed by atoms with Crippen LogP contribution in [0.2, 0.25) is 0 Å². The summed E-state index contributed by atoms with van der Waals surface area (Å²) in [6, 6.07) is 0.692. The second kappa shape index (κ2) is 3.81. The molecule has 1 aromatic rings. The van der Waals surface area contributed by atoms with Gasteiger partial charge in [-0.1, -0.05) is 0 Å². The van der Waals surface area contributed by atoms with E-state index in [4.69, 9.17) is 0 Å². The summed E-state index contributed by atoms with van der Waals surface area (Å²) in [7, 11) is 5.20. The van der Waals surface area contributed by atoms with Crippen molar-refractivity contribution in [1.29, 1.82) is 0 Å². The number of halogens is 4. The number of benzene rings is 1. The van der Waals surface area contributed by atoms with Crippen LogP contribution < -0.4 is 0 Å². The van der Waals surface area contributed by atoms with Crippen molar-refractivity contribution in [3.63, 3.8) is 0 Å². The molecule has 1 aromatic carbocycles. The summed E-state index contributed by atoms with van der Waals surface area (Å²) >= 11 is 0. The molecule has 0 fully saturated rings. The smallest absolute Gasteiger partial charge is 0.197 e. The highest BCUT2D eigenvalue weighted by molar-refractivity contribution is 5.21. The monoisotopic (exact) mass is 222 g/mol. The Morgan fingerprint density at radius 3 is 1.93 bits per heavy atom. The van der Waals surface area contributed by atoms with E-state index in [-0.39, 0.29) is 12.1 Å². The Labute approximate surface area is 85.5 Å². The molecule has 0 radical (unpaired) electrons. The lowest BCUT2D eigenvalue weighted by Crippen LogP contribution is -2.34.